The first-order valence-corrected chi connectivity index (χ1v) is 13.5. The lowest BCUT2D eigenvalue weighted by molar-refractivity contribution is 0.649. The first kappa shape index (κ1) is 23.5. The first-order valence-electron chi connectivity index (χ1n) is 11.9. The molecule has 182 valence electrons. The lowest BCUT2D eigenvalue weighted by atomic mass is 10.1. The molecule has 6 aromatic rings. The van der Waals surface area contributed by atoms with Crippen molar-refractivity contribution < 1.29 is 0 Å². The van der Waals surface area contributed by atoms with Gasteiger partial charge in [0.15, 0.2) is 0 Å². The van der Waals surface area contributed by atoms with Crippen molar-refractivity contribution in [1.29, 1.82) is 0 Å². The number of halogens is 1. The molecule has 8 heteroatoms. The van der Waals surface area contributed by atoms with Crippen LogP contribution in [-0.2, 0) is 6.54 Å². The summed E-state index contributed by atoms with van der Waals surface area (Å²) in [6, 6.07) is 26.8. The summed E-state index contributed by atoms with van der Waals surface area (Å²) in [7, 11) is 0. The quantitative estimate of drug-likeness (QED) is 0.211. The topological polar surface area (TPSA) is 61.4 Å². The molecule has 0 amide bonds. The van der Waals surface area contributed by atoms with Crippen molar-refractivity contribution in [2.24, 2.45) is 0 Å². The van der Waals surface area contributed by atoms with Gasteiger partial charge < -0.3 is 0 Å². The standard InChI is InChI=1S/C29H23BrN6S/c1-19-8-10-21(11-9-19)16-35-18-26(32-34-35)25-17-36(24-6-4-3-5-7-24)33-27(25)28-20(2)31-29(37-28)22-12-14-23(30)15-13-22/h3-15,17-18H,16H2,1-2H3. The molecule has 37 heavy (non-hydrogen) atoms. The van der Waals surface area contributed by atoms with Crippen LogP contribution < -0.4 is 0 Å². The molecule has 0 bridgehead atoms. The smallest absolute Gasteiger partial charge is 0.124 e. The minimum atomic E-state index is 0.655. The van der Waals surface area contributed by atoms with Gasteiger partial charge >= 0.3 is 0 Å². The molecule has 0 radical (unpaired) electrons. The van der Waals surface area contributed by atoms with Gasteiger partial charge in [0.05, 0.1) is 34.6 Å². The van der Waals surface area contributed by atoms with Gasteiger partial charge in [-0.3, -0.25) is 0 Å². The normalized spacial score (nSPS) is 11.2. The minimum Gasteiger partial charge on any atom is -0.247 e. The van der Waals surface area contributed by atoms with E-state index in [0.717, 1.165) is 48.3 Å². The van der Waals surface area contributed by atoms with Crippen molar-refractivity contribution in [3.05, 3.63) is 113 Å². The number of hydrogen-bond acceptors (Lipinski definition) is 5. The molecule has 0 fully saturated rings. The molecule has 0 spiro atoms. The molecule has 6 rings (SSSR count). The van der Waals surface area contributed by atoms with Crippen LogP contribution in [0.3, 0.4) is 0 Å². The maximum atomic E-state index is 5.01. The van der Waals surface area contributed by atoms with E-state index in [0.29, 0.717) is 6.54 Å². The molecule has 0 saturated heterocycles. The Hall–Kier alpha value is -3.88. The van der Waals surface area contributed by atoms with E-state index in [1.165, 1.54) is 11.1 Å². The van der Waals surface area contributed by atoms with Gasteiger partial charge in [-0.25, -0.2) is 14.3 Å². The van der Waals surface area contributed by atoms with Crippen LogP contribution in [0.2, 0.25) is 0 Å². The number of benzene rings is 3. The maximum Gasteiger partial charge on any atom is 0.124 e. The van der Waals surface area contributed by atoms with Crippen molar-refractivity contribution >= 4 is 27.3 Å². The van der Waals surface area contributed by atoms with Crippen LogP contribution >= 0.6 is 27.3 Å². The Bertz CT molecular complexity index is 1660. The van der Waals surface area contributed by atoms with Gasteiger partial charge in [-0.1, -0.05) is 81.3 Å². The highest BCUT2D eigenvalue weighted by molar-refractivity contribution is 9.10. The van der Waals surface area contributed by atoms with Crippen molar-refractivity contribution in [3.63, 3.8) is 0 Å². The van der Waals surface area contributed by atoms with E-state index in [9.17, 15) is 0 Å². The molecule has 0 aliphatic rings. The Morgan fingerprint density at radius 3 is 2.38 bits per heavy atom. The maximum absolute atomic E-state index is 5.01. The van der Waals surface area contributed by atoms with Gasteiger partial charge in [0.1, 0.15) is 16.4 Å². The highest BCUT2D eigenvalue weighted by Gasteiger charge is 2.22. The van der Waals surface area contributed by atoms with E-state index < -0.39 is 0 Å². The minimum absolute atomic E-state index is 0.655. The predicted octanol–water partition coefficient (Wildman–Crippen LogP) is 7.35. The largest absolute Gasteiger partial charge is 0.247 e. The summed E-state index contributed by atoms with van der Waals surface area (Å²) in [5, 5.41) is 14.9. The summed E-state index contributed by atoms with van der Waals surface area (Å²) in [5.41, 5.74) is 7.98. The fourth-order valence-electron chi connectivity index (χ4n) is 4.15. The summed E-state index contributed by atoms with van der Waals surface area (Å²) in [6.07, 6.45) is 4.02. The third kappa shape index (κ3) is 4.90. The van der Waals surface area contributed by atoms with Crippen molar-refractivity contribution in [3.8, 4) is 38.1 Å². The Morgan fingerprint density at radius 1 is 0.865 bits per heavy atom. The Kier molecular flexibility index (Phi) is 6.28. The van der Waals surface area contributed by atoms with Gasteiger partial charge in [0.25, 0.3) is 0 Å². The second-order valence-electron chi connectivity index (χ2n) is 8.90. The molecular formula is C29H23BrN6S. The summed E-state index contributed by atoms with van der Waals surface area (Å²) in [4.78, 5) is 5.91. The fourth-order valence-corrected chi connectivity index (χ4v) is 5.49. The molecule has 3 aromatic heterocycles. The zero-order chi connectivity index (χ0) is 25.4. The van der Waals surface area contributed by atoms with Crippen LogP contribution in [0.15, 0.2) is 95.7 Å². The number of aromatic nitrogens is 6. The number of nitrogens with zero attached hydrogens (tertiary/aromatic N) is 6. The zero-order valence-electron chi connectivity index (χ0n) is 20.3. The number of para-hydroxylation sites is 1. The van der Waals surface area contributed by atoms with E-state index in [1.807, 2.05) is 71.1 Å². The molecule has 0 atom stereocenters. The predicted molar refractivity (Wildman–Crippen MR) is 152 cm³/mol. The molecule has 0 unspecified atom stereocenters. The van der Waals surface area contributed by atoms with Crippen LogP contribution in [0.1, 0.15) is 16.8 Å². The van der Waals surface area contributed by atoms with Gasteiger partial charge in [-0.05, 0) is 43.7 Å². The zero-order valence-corrected chi connectivity index (χ0v) is 22.7. The van der Waals surface area contributed by atoms with Gasteiger partial charge in [0.2, 0.25) is 0 Å². The molecular weight excluding hydrogens is 544 g/mol. The molecule has 3 heterocycles. The Labute approximate surface area is 227 Å². The van der Waals surface area contributed by atoms with Crippen molar-refractivity contribution in [2.45, 2.75) is 20.4 Å². The van der Waals surface area contributed by atoms with E-state index >= 15 is 0 Å². The van der Waals surface area contributed by atoms with E-state index in [2.05, 4.69) is 69.6 Å². The number of aryl methyl sites for hydroxylation is 2. The second-order valence-corrected chi connectivity index (χ2v) is 10.8. The van der Waals surface area contributed by atoms with Crippen LogP contribution in [-0.4, -0.2) is 29.8 Å². The average Bonchev–Trinajstić information content (AvgIpc) is 3.65. The summed E-state index contributed by atoms with van der Waals surface area (Å²) >= 11 is 5.16. The van der Waals surface area contributed by atoms with Crippen LogP contribution in [0, 0.1) is 13.8 Å². The lowest BCUT2D eigenvalue weighted by Crippen LogP contribution is -2.00. The summed E-state index contributed by atoms with van der Waals surface area (Å²) in [5.74, 6) is 0. The van der Waals surface area contributed by atoms with Gasteiger partial charge in [-0.15, -0.1) is 16.4 Å². The molecule has 0 aliphatic carbocycles. The van der Waals surface area contributed by atoms with Gasteiger partial charge in [-0.2, -0.15) is 5.10 Å². The molecule has 0 saturated carbocycles. The van der Waals surface area contributed by atoms with E-state index in [-0.39, 0.29) is 0 Å². The van der Waals surface area contributed by atoms with E-state index in [1.54, 1.807) is 11.3 Å². The molecule has 6 nitrogen and oxygen atoms in total. The Morgan fingerprint density at radius 2 is 1.62 bits per heavy atom. The SMILES string of the molecule is Cc1ccc(Cn2cc(-c3cn(-c4ccccc4)nc3-c3sc(-c4ccc(Br)cc4)nc3C)nn2)cc1. The Balaban J connectivity index is 1.42. The highest BCUT2D eigenvalue weighted by Crippen LogP contribution is 2.39. The molecule has 0 N–H and O–H groups in total. The van der Waals surface area contributed by atoms with Crippen LogP contribution in [0.25, 0.3) is 38.1 Å². The van der Waals surface area contributed by atoms with Crippen LogP contribution in [0.5, 0.6) is 0 Å². The van der Waals surface area contributed by atoms with E-state index in [4.69, 9.17) is 10.1 Å². The third-order valence-electron chi connectivity index (χ3n) is 6.12. The van der Waals surface area contributed by atoms with Crippen molar-refractivity contribution in [1.82, 2.24) is 29.8 Å². The fraction of sp³-hybridized carbons (Fsp3) is 0.103. The lowest BCUT2D eigenvalue weighted by Gasteiger charge is -2.01. The first-order chi connectivity index (χ1) is 18.0. The summed E-state index contributed by atoms with van der Waals surface area (Å²) in [6.45, 7) is 4.78. The molecule has 0 aliphatic heterocycles. The third-order valence-corrected chi connectivity index (χ3v) is 7.86. The van der Waals surface area contributed by atoms with Crippen molar-refractivity contribution in [2.75, 3.05) is 0 Å². The number of thiazole rings is 1. The molecule has 3 aromatic carbocycles. The van der Waals surface area contributed by atoms with Crippen LogP contribution in [0.4, 0.5) is 0 Å². The summed E-state index contributed by atoms with van der Waals surface area (Å²) < 4.78 is 4.82. The average molecular weight is 568 g/mol. The number of rotatable bonds is 6. The second kappa shape index (κ2) is 9.88. The highest BCUT2D eigenvalue weighted by atomic mass is 79.9. The monoisotopic (exact) mass is 566 g/mol. The van der Waals surface area contributed by atoms with Gasteiger partial charge in [0, 0.05) is 16.2 Å². The number of hydrogen-bond donors (Lipinski definition) is 0.